The lowest BCUT2D eigenvalue weighted by Gasteiger charge is -2.09. The van der Waals surface area contributed by atoms with Gasteiger partial charge in [-0.15, -0.1) is 0 Å². The number of rotatable bonds is 3. The van der Waals surface area contributed by atoms with E-state index in [1.165, 1.54) is 5.56 Å². The standard InChI is InChI=1S/C12H14N3/c1-15(2)9-10-3-5-11(6-4-10)12-7-8-13-14-12/h3-8H,9H2,1-2H3. The average molecular weight is 200 g/mol. The Morgan fingerprint density at radius 2 is 1.87 bits per heavy atom. The van der Waals surface area contributed by atoms with Crippen molar-refractivity contribution < 1.29 is 0 Å². The van der Waals surface area contributed by atoms with Crippen LogP contribution in [-0.4, -0.2) is 25.2 Å². The van der Waals surface area contributed by atoms with Crippen LogP contribution in [0.5, 0.6) is 0 Å². The Labute approximate surface area is 90.1 Å². The summed E-state index contributed by atoms with van der Waals surface area (Å²) in [7, 11) is 4.13. The highest BCUT2D eigenvalue weighted by atomic mass is 15.3. The first-order chi connectivity index (χ1) is 7.25. The van der Waals surface area contributed by atoms with Gasteiger partial charge in [-0.1, -0.05) is 24.3 Å². The van der Waals surface area contributed by atoms with Crippen LogP contribution < -0.4 is 5.43 Å². The van der Waals surface area contributed by atoms with E-state index >= 15 is 0 Å². The zero-order valence-electron chi connectivity index (χ0n) is 9.01. The number of allylic oxidation sites excluding steroid dienone is 1. The number of hydrogen-bond acceptors (Lipinski definition) is 2. The molecule has 0 unspecified atom stereocenters. The lowest BCUT2D eigenvalue weighted by molar-refractivity contribution is 0.402. The molecule has 0 atom stereocenters. The van der Waals surface area contributed by atoms with Gasteiger partial charge in [0, 0.05) is 12.1 Å². The van der Waals surface area contributed by atoms with Crippen molar-refractivity contribution >= 4 is 11.9 Å². The minimum Gasteiger partial charge on any atom is -0.305 e. The lowest BCUT2D eigenvalue weighted by atomic mass is 10.1. The molecule has 1 aromatic carbocycles. The summed E-state index contributed by atoms with van der Waals surface area (Å²) in [6.07, 6.45) is 3.63. The third kappa shape index (κ3) is 2.44. The zero-order chi connectivity index (χ0) is 10.7. The molecule has 0 saturated carbocycles. The molecule has 15 heavy (non-hydrogen) atoms. The summed E-state index contributed by atoms with van der Waals surface area (Å²) in [5, 5.41) is 3.81. The fourth-order valence-corrected chi connectivity index (χ4v) is 1.53. The Balaban J connectivity index is 2.10. The molecule has 0 saturated heterocycles. The molecule has 1 aliphatic rings. The monoisotopic (exact) mass is 200 g/mol. The van der Waals surface area contributed by atoms with Gasteiger partial charge in [0.15, 0.2) is 0 Å². The third-order valence-electron chi connectivity index (χ3n) is 2.21. The fraction of sp³-hybridized carbons (Fsp3) is 0.250. The Morgan fingerprint density at radius 3 is 2.40 bits per heavy atom. The highest BCUT2D eigenvalue weighted by Gasteiger charge is 2.05. The first-order valence-corrected chi connectivity index (χ1v) is 4.94. The van der Waals surface area contributed by atoms with Crippen molar-refractivity contribution in [3.05, 3.63) is 41.5 Å². The second-order valence-electron chi connectivity index (χ2n) is 3.85. The van der Waals surface area contributed by atoms with Crippen molar-refractivity contribution in [1.82, 2.24) is 10.3 Å². The molecule has 1 aliphatic heterocycles. The molecule has 0 fully saturated rings. The van der Waals surface area contributed by atoms with Gasteiger partial charge in [0.25, 0.3) is 0 Å². The smallest absolute Gasteiger partial charge is 0.0945 e. The van der Waals surface area contributed by atoms with Gasteiger partial charge < -0.3 is 4.90 Å². The minimum absolute atomic E-state index is 0.936. The largest absolute Gasteiger partial charge is 0.305 e. The lowest BCUT2D eigenvalue weighted by Crippen LogP contribution is -2.10. The van der Waals surface area contributed by atoms with E-state index < -0.39 is 0 Å². The van der Waals surface area contributed by atoms with E-state index in [0.717, 1.165) is 17.8 Å². The summed E-state index contributed by atoms with van der Waals surface area (Å²) in [6, 6.07) is 8.43. The normalized spacial score (nSPS) is 14.2. The van der Waals surface area contributed by atoms with Gasteiger partial charge in [-0.2, -0.15) is 10.5 Å². The second kappa shape index (κ2) is 4.28. The Bertz CT molecular complexity index is 388. The van der Waals surface area contributed by atoms with E-state index in [1.54, 1.807) is 6.21 Å². The Hall–Kier alpha value is -1.61. The van der Waals surface area contributed by atoms with Gasteiger partial charge in [0.1, 0.15) is 0 Å². The zero-order valence-corrected chi connectivity index (χ0v) is 9.01. The highest BCUT2D eigenvalue weighted by Crippen LogP contribution is 2.16. The second-order valence-corrected chi connectivity index (χ2v) is 3.85. The Morgan fingerprint density at radius 1 is 1.13 bits per heavy atom. The van der Waals surface area contributed by atoms with Crippen LogP contribution in [0.3, 0.4) is 0 Å². The van der Waals surface area contributed by atoms with Crippen LogP contribution >= 0.6 is 0 Å². The maximum Gasteiger partial charge on any atom is 0.0945 e. The number of nitrogens with zero attached hydrogens (tertiary/aromatic N) is 3. The molecule has 0 N–H and O–H groups in total. The summed E-state index contributed by atoms with van der Waals surface area (Å²) in [5.41, 5.74) is 7.38. The maximum absolute atomic E-state index is 4.02. The molecule has 2 rings (SSSR count). The van der Waals surface area contributed by atoms with Crippen molar-refractivity contribution in [1.29, 1.82) is 0 Å². The molecule has 77 valence electrons. The predicted octanol–water partition coefficient (Wildman–Crippen LogP) is 1.69. The molecule has 0 aromatic heterocycles. The van der Waals surface area contributed by atoms with Gasteiger partial charge in [-0.25, -0.2) is 0 Å². The minimum atomic E-state index is 0.936. The third-order valence-corrected chi connectivity index (χ3v) is 2.21. The summed E-state index contributed by atoms with van der Waals surface area (Å²) in [6.45, 7) is 0.965. The van der Waals surface area contributed by atoms with Crippen LogP contribution in [0.2, 0.25) is 0 Å². The summed E-state index contributed by atoms with van der Waals surface area (Å²) in [4.78, 5) is 2.15. The molecule has 0 spiro atoms. The summed E-state index contributed by atoms with van der Waals surface area (Å²) >= 11 is 0. The molecule has 0 aliphatic carbocycles. The summed E-state index contributed by atoms with van der Waals surface area (Å²) < 4.78 is 0. The molecule has 1 radical (unpaired) electrons. The molecule has 0 bridgehead atoms. The molecule has 0 amide bonds. The van der Waals surface area contributed by atoms with E-state index in [1.807, 2.05) is 6.08 Å². The van der Waals surface area contributed by atoms with Crippen molar-refractivity contribution in [3.8, 4) is 0 Å². The quantitative estimate of drug-likeness (QED) is 0.730. The van der Waals surface area contributed by atoms with Gasteiger partial charge >= 0.3 is 0 Å². The molecule has 1 aromatic rings. The molecule has 3 nitrogen and oxygen atoms in total. The van der Waals surface area contributed by atoms with Crippen molar-refractivity contribution in [2.75, 3.05) is 14.1 Å². The van der Waals surface area contributed by atoms with Gasteiger partial charge in [-0.05, 0) is 25.7 Å². The van der Waals surface area contributed by atoms with Crippen molar-refractivity contribution in [2.24, 2.45) is 5.10 Å². The molecule has 1 heterocycles. The molecular weight excluding hydrogens is 186 g/mol. The van der Waals surface area contributed by atoms with E-state index in [2.05, 4.69) is 53.8 Å². The SMILES string of the molecule is CN(C)Cc1ccc(C2=CC=N[N]2)cc1. The average Bonchev–Trinajstić information content (AvgIpc) is 2.71. The van der Waals surface area contributed by atoms with Crippen LogP contribution in [-0.2, 0) is 6.54 Å². The van der Waals surface area contributed by atoms with Crippen molar-refractivity contribution in [3.63, 3.8) is 0 Å². The van der Waals surface area contributed by atoms with Crippen LogP contribution in [0.15, 0.2) is 35.4 Å². The van der Waals surface area contributed by atoms with E-state index in [0.29, 0.717) is 0 Å². The van der Waals surface area contributed by atoms with Gasteiger partial charge in [0.2, 0.25) is 0 Å². The van der Waals surface area contributed by atoms with Crippen molar-refractivity contribution in [2.45, 2.75) is 6.54 Å². The van der Waals surface area contributed by atoms with E-state index in [-0.39, 0.29) is 0 Å². The predicted molar refractivity (Wildman–Crippen MR) is 62.4 cm³/mol. The summed E-state index contributed by atoms with van der Waals surface area (Å²) in [5.74, 6) is 0. The Kier molecular flexibility index (Phi) is 2.83. The maximum atomic E-state index is 4.02. The van der Waals surface area contributed by atoms with Gasteiger partial charge in [0.05, 0.1) is 11.9 Å². The fourth-order valence-electron chi connectivity index (χ4n) is 1.53. The van der Waals surface area contributed by atoms with E-state index in [4.69, 9.17) is 0 Å². The van der Waals surface area contributed by atoms with Crippen LogP contribution in [0.1, 0.15) is 11.1 Å². The number of hydrogen-bond donors (Lipinski definition) is 0. The van der Waals surface area contributed by atoms with E-state index in [9.17, 15) is 0 Å². The van der Waals surface area contributed by atoms with Gasteiger partial charge in [-0.3, -0.25) is 0 Å². The molecular formula is C12H14N3. The first kappa shape index (κ1) is 9.93. The topological polar surface area (TPSA) is 29.7 Å². The van der Waals surface area contributed by atoms with Crippen LogP contribution in [0.4, 0.5) is 0 Å². The number of benzene rings is 1. The highest BCUT2D eigenvalue weighted by molar-refractivity contribution is 5.87. The van der Waals surface area contributed by atoms with Crippen LogP contribution in [0.25, 0.3) is 5.70 Å². The molecule has 3 heteroatoms. The first-order valence-electron chi connectivity index (χ1n) is 4.94. The van der Waals surface area contributed by atoms with Crippen LogP contribution in [0, 0.1) is 0 Å².